The Kier molecular flexibility index (Phi) is 7.92. The lowest BCUT2D eigenvalue weighted by molar-refractivity contribution is 0.102. The van der Waals surface area contributed by atoms with Crippen LogP contribution in [0.25, 0.3) is 11.3 Å². The van der Waals surface area contributed by atoms with Crippen molar-refractivity contribution in [3.05, 3.63) is 95.5 Å². The number of pyridine rings is 1. The first kappa shape index (κ1) is 25.3. The van der Waals surface area contributed by atoms with E-state index in [2.05, 4.69) is 56.2 Å². The number of hydrogen-bond acceptors (Lipinski definition) is 6. The monoisotopic (exact) mass is 507 g/mol. The molecule has 0 spiro atoms. The largest absolute Gasteiger partial charge is 0.369 e. The maximum absolute atomic E-state index is 13.4. The van der Waals surface area contributed by atoms with E-state index in [1.54, 1.807) is 30.5 Å². The van der Waals surface area contributed by atoms with Gasteiger partial charge in [-0.05, 0) is 50.4 Å². The average Bonchev–Trinajstić information content (AvgIpc) is 3.36. The summed E-state index contributed by atoms with van der Waals surface area (Å²) in [5.41, 5.74) is 3.50. The van der Waals surface area contributed by atoms with Crippen molar-refractivity contribution in [3.63, 3.8) is 0 Å². The fraction of sp³-hybridized carbons (Fsp3) is 0.231. The van der Waals surface area contributed by atoms with Gasteiger partial charge < -0.3 is 15.1 Å². The molecule has 1 aliphatic heterocycles. The molecular formula is C26H27ClFN7O. The Labute approximate surface area is 214 Å². The number of likely N-dealkylation sites (N-methyl/N-ethyl adjacent to an activating group) is 1. The lowest BCUT2D eigenvalue weighted by Crippen LogP contribution is -2.43. The van der Waals surface area contributed by atoms with Crippen LogP contribution in [0.3, 0.4) is 0 Å². The standard InChI is InChI=1S/C26H27ClFN7O/c1-4-18(15-20(5-2)34-13-11-33(3)12-14-34)23-17-35(32-31-23)24-16-19(9-10-21(24)27)29-26(36)22-7-6-8-25(28)30-22/h4-10,15-17H,1,11-14H2,2-3H3,(H,29,36)/b18-15+,20-5+. The van der Waals surface area contributed by atoms with Gasteiger partial charge in [0.05, 0.1) is 16.9 Å². The Morgan fingerprint density at radius 2 is 1.94 bits per heavy atom. The van der Waals surface area contributed by atoms with E-state index in [-0.39, 0.29) is 5.69 Å². The van der Waals surface area contributed by atoms with Gasteiger partial charge >= 0.3 is 0 Å². The predicted molar refractivity (Wildman–Crippen MR) is 140 cm³/mol. The number of piperazine rings is 1. The van der Waals surface area contributed by atoms with Crippen molar-refractivity contribution in [2.24, 2.45) is 0 Å². The molecule has 3 aromatic rings. The van der Waals surface area contributed by atoms with Crippen LogP contribution in [-0.2, 0) is 0 Å². The van der Waals surface area contributed by atoms with Gasteiger partial charge in [-0.2, -0.15) is 4.39 Å². The second kappa shape index (κ2) is 11.3. The summed E-state index contributed by atoms with van der Waals surface area (Å²) in [6.07, 6.45) is 7.64. The van der Waals surface area contributed by atoms with Crippen LogP contribution in [0.15, 0.2) is 73.1 Å². The van der Waals surface area contributed by atoms with Gasteiger partial charge in [-0.25, -0.2) is 9.67 Å². The molecule has 0 bridgehead atoms. The highest BCUT2D eigenvalue weighted by Gasteiger charge is 2.17. The van der Waals surface area contributed by atoms with Crippen molar-refractivity contribution < 1.29 is 9.18 Å². The molecule has 1 saturated heterocycles. The molecule has 0 radical (unpaired) electrons. The van der Waals surface area contributed by atoms with E-state index in [4.69, 9.17) is 11.6 Å². The van der Waals surface area contributed by atoms with Gasteiger partial charge in [0.2, 0.25) is 5.95 Å². The van der Waals surface area contributed by atoms with Crippen molar-refractivity contribution in [3.8, 4) is 5.69 Å². The molecular weight excluding hydrogens is 481 g/mol. The molecule has 0 saturated carbocycles. The third-order valence-electron chi connectivity index (χ3n) is 5.88. The molecule has 1 amide bonds. The second-order valence-corrected chi connectivity index (χ2v) is 8.73. The predicted octanol–water partition coefficient (Wildman–Crippen LogP) is 4.43. The molecule has 36 heavy (non-hydrogen) atoms. The van der Waals surface area contributed by atoms with E-state index >= 15 is 0 Å². The number of rotatable bonds is 7. The Balaban J connectivity index is 1.56. The Morgan fingerprint density at radius 1 is 1.17 bits per heavy atom. The summed E-state index contributed by atoms with van der Waals surface area (Å²) in [6.45, 7) is 9.88. The number of allylic oxidation sites excluding steroid dienone is 4. The van der Waals surface area contributed by atoms with Crippen LogP contribution in [0.4, 0.5) is 10.1 Å². The van der Waals surface area contributed by atoms with Crippen LogP contribution in [0.2, 0.25) is 5.02 Å². The van der Waals surface area contributed by atoms with Gasteiger partial charge in [0.1, 0.15) is 11.4 Å². The first-order chi connectivity index (χ1) is 17.4. The number of amides is 1. The maximum Gasteiger partial charge on any atom is 0.274 e. The minimum atomic E-state index is -0.727. The zero-order valence-corrected chi connectivity index (χ0v) is 20.9. The number of carbonyl (C=O) groups excluding carboxylic acids is 1. The number of anilines is 1. The summed E-state index contributed by atoms with van der Waals surface area (Å²) < 4.78 is 14.9. The summed E-state index contributed by atoms with van der Waals surface area (Å²) in [5.74, 6) is -1.27. The minimum Gasteiger partial charge on any atom is -0.369 e. The number of aromatic nitrogens is 4. The summed E-state index contributed by atoms with van der Waals surface area (Å²) in [4.78, 5) is 20.7. The third kappa shape index (κ3) is 5.87. The number of carbonyl (C=O) groups is 1. The quantitative estimate of drug-likeness (QED) is 0.376. The smallest absolute Gasteiger partial charge is 0.274 e. The SMILES string of the molecule is C=C/C(=C\C(=C/C)N1CCN(C)CC1)c1cn(-c2cc(NC(=O)c3cccc(F)n3)ccc2Cl)nn1. The number of nitrogens with one attached hydrogen (secondary N) is 1. The first-order valence-electron chi connectivity index (χ1n) is 11.5. The molecule has 2 aromatic heterocycles. The molecule has 0 aliphatic carbocycles. The topological polar surface area (TPSA) is 79.2 Å². The van der Waals surface area contributed by atoms with Crippen molar-refractivity contribution >= 4 is 28.8 Å². The normalized spacial score (nSPS) is 15.2. The van der Waals surface area contributed by atoms with E-state index in [1.807, 2.05) is 6.92 Å². The molecule has 186 valence electrons. The Bertz CT molecular complexity index is 1330. The lowest BCUT2D eigenvalue weighted by atomic mass is 10.1. The van der Waals surface area contributed by atoms with Gasteiger partial charge in [-0.15, -0.1) is 5.10 Å². The molecule has 8 nitrogen and oxygen atoms in total. The van der Waals surface area contributed by atoms with Crippen molar-refractivity contribution in [2.75, 3.05) is 38.5 Å². The third-order valence-corrected chi connectivity index (χ3v) is 6.19. The van der Waals surface area contributed by atoms with E-state index in [1.165, 1.54) is 22.9 Å². The number of halogens is 2. The van der Waals surface area contributed by atoms with Crippen molar-refractivity contribution in [1.82, 2.24) is 29.8 Å². The summed E-state index contributed by atoms with van der Waals surface area (Å²) in [7, 11) is 2.12. The van der Waals surface area contributed by atoms with E-state index in [0.717, 1.165) is 37.4 Å². The van der Waals surface area contributed by atoms with Crippen LogP contribution in [-0.4, -0.2) is 68.9 Å². The second-order valence-electron chi connectivity index (χ2n) is 8.32. The van der Waals surface area contributed by atoms with Gasteiger partial charge in [0, 0.05) is 43.1 Å². The van der Waals surface area contributed by atoms with Gasteiger partial charge in [-0.1, -0.05) is 41.6 Å². The highest BCUT2D eigenvalue weighted by atomic mass is 35.5. The van der Waals surface area contributed by atoms with E-state index in [0.29, 0.717) is 22.1 Å². The molecule has 1 fully saturated rings. The summed E-state index contributed by atoms with van der Waals surface area (Å²) in [5, 5.41) is 11.7. The molecule has 1 aliphatic rings. The zero-order chi connectivity index (χ0) is 25.7. The highest BCUT2D eigenvalue weighted by Crippen LogP contribution is 2.26. The van der Waals surface area contributed by atoms with Crippen LogP contribution >= 0.6 is 11.6 Å². The summed E-state index contributed by atoms with van der Waals surface area (Å²) in [6, 6.07) is 8.98. The molecule has 1 aromatic carbocycles. The minimum absolute atomic E-state index is 0.0320. The highest BCUT2D eigenvalue weighted by molar-refractivity contribution is 6.32. The molecule has 1 N–H and O–H groups in total. The first-order valence-corrected chi connectivity index (χ1v) is 11.9. The van der Waals surface area contributed by atoms with E-state index in [9.17, 15) is 9.18 Å². The average molecular weight is 508 g/mol. The molecule has 0 atom stereocenters. The maximum atomic E-state index is 13.4. The van der Waals surface area contributed by atoms with Gasteiger partial charge in [0.25, 0.3) is 5.91 Å². The van der Waals surface area contributed by atoms with Gasteiger partial charge in [0.15, 0.2) is 0 Å². The van der Waals surface area contributed by atoms with Gasteiger partial charge in [-0.3, -0.25) is 4.79 Å². The molecule has 4 rings (SSSR count). The van der Waals surface area contributed by atoms with Crippen LogP contribution < -0.4 is 5.32 Å². The molecule has 3 heterocycles. The molecule has 0 unspecified atom stereocenters. The van der Waals surface area contributed by atoms with Crippen LogP contribution in [0.5, 0.6) is 0 Å². The lowest BCUT2D eigenvalue weighted by Gasteiger charge is -2.34. The Morgan fingerprint density at radius 3 is 2.64 bits per heavy atom. The number of benzene rings is 1. The fourth-order valence-electron chi connectivity index (χ4n) is 3.83. The van der Waals surface area contributed by atoms with Crippen molar-refractivity contribution in [2.45, 2.75) is 6.92 Å². The molecule has 10 heteroatoms. The van der Waals surface area contributed by atoms with Crippen LogP contribution in [0, 0.1) is 5.95 Å². The number of nitrogens with zero attached hydrogens (tertiary/aromatic N) is 6. The van der Waals surface area contributed by atoms with Crippen molar-refractivity contribution in [1.29, 1.82) is 0 Å². The summed E-state index contributed by atoms with van der Waals surface area (Å²) >= 11 is 6.43. The Hall–Kier alpha value is -3.82. The van der Waals surface area contributed by atoms with E-state index < -0.39 is 11.9 Å². The zero-order valence-electron chi connectivity index (χ0n) is 20.2. The fourth-order valence-corrected chi connectivity index (χ4v) is 4.03. The van der Waals surface area contributed by atoms with Crippen LogP contribution in [0.1, 0.15) is 23.1 Å². The number of hydrogen-bond donors (Lipinski definition) is 1.